The first-order valence-corrected chi connectivity index (χ1v) is 6.63. The monoisotopic (exact) mass is 302 g/mol. The van der Waals surface area contributed by atoms with Crippen LogP contribution in [-0.2, 0) is 16.0 Å². The Balaban J connectivity index is 2.14. The maximum Gasteiger partial charge on any atom is 0.407 e. The number of halogens is 2. The maximum absolute atomic E-state index is 12.7. The van der Waals surface area contributed by atoms with E-state index in [1.165, 1.54) is 12.1 Å². The molecule has 1 aromatic carbocycles. The van der Waals surface area contributed by atoms with Crippen molar-refractivity contribution in [3.63, 3.8) is 0 Å². The number of hydrogen-bond acceptors (Lipinski definition) is 3. The minimum atomic E-state index is -0.571. The molecule has 110 valence electrons. The van der Waals surface area contributed by atoms with Crippen molar-refractivity contribution in [1.29, 1.82) is 0 Å². The van der Waals surface area contributed by atoms with Crippen LogP contribution >= 0.6 is 11.6 Å². The van der Waals surface area contributed by atoms with E-state index < -0.39 is 6.09 Å². The van der Waals surface area contributed by atoms with Crippen LogP contribution in [0.2, 0.25) is 0 Å². The van der Waals surface area contributed by atoms with Gasteiger partial charge >= 0.3 is 6.09 Å². The summed E-state index contributed by atoms with van der Waals surface area (Å²) in [5, 5.41) is 5.09. The highest BCUT2D eigenvalue weighted by Crippen LogP contribution is 2.03. The summed E-state index contributed by atoms with van der Waals surface area (Å²) in [6.45, 7) is 0.691. The molecule has 0 unspecified atom stereocenters. The van der Waals surface area contributed by atoms with Gasteiger partial charge in [0.25, 0.3) is 0 Å². The minimum absolute atomic E-state index is 0.143. The molecule has 0 saturated carbocycles. The van der Waals surface area contributed by atoms with E-state index >= 15 is 0 Å². The van der Waals surface area contributed by atoms with E-state index in [2.05, 4.69) is 15.4 Å². The molecule has 0 aliphatic carbocycles. The zero-order chi connectivity index (χ0) is 14.8. The zero-order valence-corrected chi connectivity index (χ0v) is 11.6. The van der Waals surface area contributed by atoms with Crippen molar-refractivity contribution in [2.45, 2.75) is 6.42 Å². The Morgan fingerprint density at radius 3 is 2.45 bits per heavy atom. The highest BCUT2D eigenvalue weighted by molar-refractivity contribution is 6.18. The molecule has 0 radical (unpaired) electrons. The predicted octanol–water partition coefficient (Wildman–Crippen LogP) is 1.45. The molecule has 0 bridgehead atoms. The van der Waals surface area contributed by atoms with Crippen LogP contribution in [0.5, 0.6) is 0 Å². The van der Waals surface area contributed by atoms with Gasteiger partial charge in [-0.15, -0.1) is 11.6 Å². The summed E-state index contributed by atoms with van der Waals surface area (Å²) in [5.74, 6) is -0.302. The predicted molar refractivity (Wildman–Crippen MR) is 73.2 cm³/mol. The molecule has 1 aromatic rings. The Morgan fingerprint density at radius 1 is 1.15 bits per heavy atom. The van der Waals surface area contributed by atoms with Gasteiger partial charge in [0.2, 0.25) is 5.91 Å². The van der Waals surface area contributed by atoms with Crippen molar-refractivity contribution >= 4 is 23.6 Å². The van der Waals surface area contributed by atoms with E-state index in [0.717, 1.165) is 5.56 Å². The fourth-order valence-electron chi connectivity index (χ4n) is 1.40. The molecule has 0 saturated heterocycles. The van der Waals surface area contributed by atoms with Crippen molar-refractivity contribution in [2.24, 2.45) is 0 Å². The molecule has 5 nitrogen and oxygen atoms in total. The summed E-state index contributed by atoms with van der Waals surface area (Å²) in [6.07, 6.45) is -0.407. The van der Waals surface area contributed by atoms with Crippen LogP contribution in [0.1, 0.15) is 5.56 Å². The number of alkyl halides is 1. The molecule has 20 heavy (non-hydrogen) atoms. The van der Waals surface area contributed by atoms with E-state index in [-0.39, 0.29) is 43.7 Å². The molecule has 0 aliphatic heterocycles. The first-order valence-electron chi connectivity index (χ1n) is 6.09. The average molecular weight is 303 g/mol. The highest BCUT2D eigenvalue weighted by atomic mass is 35.5. The number of amides is 2. The third-order valence-corrected chi connectivity index (χ3v) is 2.46. The molecule has 2 N–H and O–H groups in total. The fraction of sp³-hybridized carbons (Fsp3) is 0.385. The summed E-state index contributed by atoms with van der Waals surface area (Å²) in [6, 6.07) is 5.71. The van der Waals surface area contributed by atoms with Gasteiger partial charge in [-0.2, -0.15) is 0 Å². The summed E-state index contributed by atoms with van der Waals surface area (Å²) >= 11 is 5.35. The van der Waals surface area contributed by atoms with Crippen LogP contribution in [0.15, 0.2) is 24.3 Å². The molecule has 2 amide bonds. The van der Waals surface area contributed by atoms with Crippen LogP contribution in [0.4, 0.5) is 9.18 Å². The number of ether oxygens (including phenoxy) is 1. The number of nitrogens with one attached hydrogen (secondary N) is 2. The van der Waals surface area contributed by atoms with Gasteiger partial charge in [0.15, 0.2) is 0 Å². The molecule has 0 spiro atoms. The van der Waals surface area contributed by atoms with Gasteiger partial charge in [-0.25, -0.2) is 9.18 Å². The molecule has 0 fully saturated rings. The Labute approximate surface area is 121 Å². The topological polar surface area (TPSA) is 67.4 Å². The number of alkyl carbamates (subject to hydrolysis) is 1. The third kappa shape index (κ3) is 6.94. The minimum Gasteiger partial charge on any atom is -0.448 e. The van der Waals surface area contributed by atoms with Crippen LogP contribution in [0, 0.1) is 5.82 Å². The number of hydrogen-bond donors (Lipinski definition) is 2. The van der Waals surface area contributed by atoms with Gasteiger partial charge in [0, 0.05) is 13.1 Å². The van der Waals surface area contributed by atoms with Gasteiger partial charge in [-0.1, -0.05) is 12.1 Å². The molecule has 0 heterocycles. The molecular formula is C13H16ClFN2O3. The number of rotatable bonds is 7. The molecule has 0 aromatic heterocycles. The first kappa shape index (κ1) is 16.2. The summed E-state index contributed by atoms with van der Waals surface area (Å²) < 4.78 is 17.4. The summed E-state index contributed by atoms with van der Waals surface area (Å²) in [7, 11) is 0. The van der Waals surface area contributed by atoms with Crippen LogP contribution in [0.3, 0.4) is 0 Å². The second-order valence-electron chi connectivity index (χ2n) is 3.90. The van der Waals surface area contributed by atoms with E-state index in [9.17, 15) is 14.0 Å². The molecule has 0 atom stereocenters. The van der Waals surface area contributed by atoms with Gasteiger partial charge in [0.05, 0.1) is 12.3 Å². The quantitative estimate of drug-likeness (QED) is 0.592. The molecular weight excluding hydrogens is 287 g/mol. The average Bonchev–Trinajstić information content (AvgIpc) is 2.44. The summed E-state index contributed by atoms with van der Waals surface area (Å²) in [4.78, 5) is 22.6. The summed E-state index contributed by atoms with van der Waals surface area (Å²) in [5.41, 5.74) is 0.721. The maximum atomic E-state index is 12.7. The normalized spacial score (nSPS) is 9.90. The lowest BCUT2D eigenvalue weighted by atomic mass is 10.1. The Kier molecular flexibility index (Phi) is 7.42. The van der Waals surface area contributed by atoms with Crippen molar-refractivity contribution in [3.8, 4) is 0 Å². The van der Waals surface area contributed by atoms with Crippen molar-refractivity contribution < 1.29 is 18.7 Å². The number of benzene rings is 1. The largest absolute Gasteiger partial charge is 0.448 e. The first-order chi connectivity index (χ1) is 9.61. The second kappa shape index (κ2) is 9.14. The molecule has 1 rings (SSSR count). The highest BCUT2D eigenvalue weighted by Gasteiger charge is 2.04. The van der Waals surface area contributed by atoms with E-state index in [0.29, 0.717) is 0 Å². The van der Waals surface area contributed by atoms with Crippen LogP contribution < -0.4 is 10.6 Å². The Hall–Kier alpha value is -1.82. The van der Waals surface area contributed by atoms with E-state index in [4.69, 9.17) is 11.6 Å². The van der Waals surface area contributed by atoms with Gasteiger partial charge in [0.1, 0.15) is 12.4 Å². The standard InChI is InChI=1S/C13H16ClFN2O3/c14-5-8-20-13(19)17-7-6-16-12(18)9-10-1-3-11(15)4-2-10/h1-4H,5-9H2,(H,16,18)(H,17,19). The zero-order valence-electron chi connectivity index (χ0n) is 10.8. The van der Waals surface area contributed by atoms with E-state index in [1.54, 1.807) is 12.1 Å². The lowest BCUT2D eigenvalue weighted by Gasteiger charge is -2.07. The number of carbonyl (C=O) groups excluding carboxylic acids is 2. The molecule has 0 aliphatic rings. The second-order valence-corrected chi connectivity index (χ2v) is 4.28. The van der Waals surface area contributed by atoms with Crippen molar-refractivity contribution in [1.82, 2.24) is 10.6 Å². The van der Waals surface area contributed by atoms with Crippen LogP contribution in [0.25, 0.3) is 0 Å². The SMILES string of the molecule is O=C(Cc1ccc(F)cc1)NCCNC(=O)OCCCl. The van der Waals surface area contributed by atoms with Gasteiger partial charge < -0.3 is 15.4 Å². The molecule has 7 heteroatoms. The fourth-order valence-corrected chi connectivity index (χ4v) is 1.48. The lowest BCUT2D eigenvalue weighted by molar-refractivity contribution is -0.120. The van der Waals surface area contributed by atoms with Crippen LogP contribution in [-0.4, -0.2) is 37.6 Å². The smallest absolute Gasteiger partial charge is 0.407 e. The van der Waals surface area contributed by atoms with Gasteiger partial charge in [-0.05, 0) is 17.7 Å². The lowest BCUT2D eigenvalue weighted by Crippen LogP contribution is -2.35. The van der Waals surface area contributed by atoms with Crippen molar-refractivity contribution in [3.05, 3.63) is 35.6 Å². The Morgan fingerprint density at radius 2 is 1.80 bits per heavy atom. The number of carbonyl (C=O) groups is 2. The third-order valence-electron chi connectivity index (χ3n) is 2.30. The Bertz CT molecular complexity index is 440. The van der Waals surface area contributed by atoms with Crippen molar-refractivity contribution in [2.75, 3.05) is 25.6 Å². The van der Waals surface area contributed by atoms with Gasteiger partial charge in [-0.3, -0.25) is 4.79 Å². The van der Waals surface area contributed by atoms with E-state index in [1.807, 2.05) is 0 Å².